The topological polar surface area (TPSA) is 15.8 Å². The summed E-state index contributed by atoms with van der Waals surface area (Å²) in [7, 11) is 0. The molecule has 4 aliphatic carbocycles. The molecule has 0 atom stereocenters. The van der Waals surface area contributed by atoms with E-state index in [0.717, 1.165) is 17.8 Å². The second kappa shape index (κ2) is 2.69. The summed E-state index contributed by atoms with van der Waals surface area (Å²) in [6, 6.07) is 4.50. The van der Waals surface area contributed by atoms with E-state index in [4.69, 9.17) is 0 Å². The Morgan fingerprint density at radius 2 is 1.60 bits per heavy atom. The lowest BCUT2D eigenvalue weighted by Gasteiger charge is -2.56. The summed E-state index contributed by atoms with van der Waals surface area (Å²) in [4.78, 5) is 3.49. The minimum Gasteiger partial charge on any atom is -0.365 e. The third-order valence-electron chi connectivity index (χ3n) is 5.21. The molecular formula is C14H19N. The maximum atomic E-state index is 3.49. The standard InChI is InChI=1S/C14H19N/c1-2-13(15-3-1)14-7-10-4-11(8-14)6-12(5-10)9-14/h1-3,10-12,15H,4-9H2. The fraction of sp³-hybridized carbons (Fsp3) is 0.714. The van der Waals surface area contributed by atoms with Gasteiger partial charge in [-0.3, -0.25) is 0 Å². The van der Waals surface area contributed by atoms with Crippen molar-refractivity contribution in [3.8, 4) is 0 Å². The van der Waals surface area contributed by atoms with Crippen LogP contribution in [0.4, 0.5) is 0 Å². The van der Waals surface area contributed by atoms with Gasteiger partial charge in [0.25, 0.3) is 0 Å². The van der Waals surface area contributed by atoms with E-state index in [1.165, 1.54) is 19.3 Å². The van der Waals surface area contributed by atoms with Crippen molar-refractivity contribution in [1.29, 1.82) is 0 Å². The molecule has 15 heavy (non-hydrogen) atoms. The summed E-state index contributed by atoms with van der Waals surface area (Å²) in [6.45, 7) is 0. The smallest absolute Gasteiger partial charge is 0.0210 e. The fourth-order valence-corrected chi connectivity index (χ4v) is 5.10. The molecule has 0 saturated heterocycles. The lowest BCUT2D eigenvalue weighted by Crippen LogP contribution is -2.48. The highest BCUT2D eigenvalue weighted by atomic mass is 14.7. The van der Waals surface area contributed by atoms with Crippen LogP contribution in [0.2, 0.25) is 0 Å². The second-order valence-corrected chi connectivity index (χ2v) is 6.28. The molecule has 0 unspecified atom stereocenters. The molecule has 4 fully saturated rings. The summed E-state index contributed by atoms with van der Waals surface area (Å²) in [5.74, 6) is 3.17. The summed E-state index contributed by atoms with van der Waals surface area (Å²) in [5, 5.41) is 0. The number of aromatic amines is 1. The van der Waals surface area contributed by atoms with Gasteiger partial charge in [-0.05, 0) is 68.4 Å². The van der Waals surface area contributed by atoms with Crippen molar-refractivity contribution in [2.45, 2.75) is 43.9 Å². The van der Waals surface area contributed by atoms with Crippen LogP contribution >= 0.6 is 0 Å². The van der Waals surface area contributed by atoms with E-state index in [-0.39, 0.29) is 0 Å². The summed E-state index contributed by atoms with van der Waals surface area (Å²) >= 11 is 0. The van der Waals surface area contributed by atoms with Crippen molar-refractivity contribution < 1.29 is 0 Å². The van der Waals surface area contributed by atoms with E-state index in [9.17, 15) is 0 Å². The zero-order valence-electron chi connectivity index (χ0n) is 9.21. The maximum Gasteiger partial charge on any atom is 0.0210 e. The van der Waals surface area contributed by atoms with Crippen LogP contribution < -0.4 is 0 Å². The maximum absolute atomic E-state index is 3.49. The van der Waals surface area contributed by atoms with Gasteiger partial charge in [-0.1, -0.05) is 0 Å². The molecule has 0 aliphatic heterocycles. The number of H-pyrrole nitrogens is 1. The number of hydrogen-bond donors (Lipinski definition) is 1. The van der Waals surface area contributed by atoms with Crippen molar-refractivity contribution in [2.75, 3.05) is 0 Å². The van der Waals surface area contributed by atoms with Crippen molar-refractivity contribution in [3.05, 3.63) is 24.0 Å². The van der Waals surface area contributed by atoms with Crippen LogP contribution in [-0.2, 0) is 5.41 Å². The molecule has 80 valence electrons. The van der Waals surface area contributed by atoms with Crippen molar-refractivity contribution in [3.63, 3.8) is 0 Å². The van der Waals surface area contributed by atoms with Crippen LogP contribution in [0.3, 0.4) is 0 Å². The minimum absolute atomic E-state index is 0.568. The Balaban J connectivity index is 1.77. The van der Waals surface area contributed by atoms with Gasteiger partial charge < -0.3 is 4.98 Å². The van der Waals surface area contributed by atoms with E-state index >= 15 is 0 Å². The van der Waals surface area contributed by atoms with Crippen LogP contribution in [-0.4, -0.2) is 4.98 Å². The predicted octanol–water partition coefficient (Wildman–Crippen LogP) is 3.48. The zero-order chi connectivity index (χ0) is 9.88. The normalized spacial score (nSPS) is 47.3. The van der Waals surface area contributed by atoms with Gasteiger partial charge in [0.05, 0.1) is 0 Å². The Kier molecular flexibility index (Phi) is 1.51. The van der Waals surface area contributed by atoms with Gasteiger partial charge in [0.15, 0.2) is 0 Å². The number of hydrogen-bond acceptors (Lipinski definition) is 0. The highest BCUT2D eigenvalue weighted by Crippen LogP contribution is 2.60. The Labute approximate surface area is 91.3 Å². The van der Waals surface area contributed by atoms with Crippen LogP contribution in [0.5, 0.6) is 0 Å². The van der Waals surface area contributed by atoms with Crippen LogP contribution in [0.1, 0.15) is 44.2 Å². The molecule has 1 N–H and O–H groups in total. The van der Waals surface area contributed by atoms with Gasteiger partial charge in [0.2, 0.25) is 0 Å². The van der Waals surface area contributed by atoms with E-state index in [1.807, 2.05) is 0 Å². The monoisotopic (exact) mass is 201 g/mol. The molecule has 0 amide bonds. The van der Waals surface area contributed by atoms with Crippen molar-refractivity contribution in [2.24, 2.45) is 17.8 Å². The van der Waals surface area contributed by atoms with Gasteiger partial charge in [-0.2, -0.15) is 0 Å². The van der Waals surface area contributed by atoms with Crippen LogP contribution in [0, 0.1) is 17.8 Å². The molecular weight excluding hydrogens is 182 g/mol. The van der Waals surface area contributed by atoms with E-state index in [1.54, 1.807) is 25.0 Å². The molecule has 4 saturated carbocycles. The van der Waals surface area contributed by atoms with Gasteiger partial charge in [-0.25, -0.2) is 0 Å². The summed E-state index contributed by atoms with van der Waals surface area (Å²) < 4.78 is 0. The third-order valence-corrected chi connectivity index (χ3v) is 5.21. The molecule has 1 aromatic rings. The molecule has 1 aromatic heterocycles. The van der Waals surface area contributed by atoms with E-state index in [0.29, 0.717) is 5.41 Å². The van der Waals surface area contributed by atoms with Gasteiger partial charge >= 0.3 is 0 Å². The SMILES string of the molecule is c1c[nH]c(C23CC4CC(CC(C4)C2)C3)c1. The first kappa shape index (κ1) is 8.43. The Hall–Kier alpha value is -0.720. The molecule has 0 spiro atoms. The Morgan fingerprint density at radius 3 is 2.07 bits per heavy atom. The molecule has 4 aliphatic rings. The summed E-state index contributed by atoms with van der Waals surface area (Å²) in [6.07, 6.45) is 11.1. The zero-order valence-corrected chi connectivity index (χ0v) is 9.21. The van der Waals surface area contributed by atoms with Gasteiger partial charge in [0, 0.05) is 17.3 Å². The average Bonchev–Trinajstić information content (AvgIpc) is 2.67. The van der Waals surface area contributed by atoms with Crippen LogP contribution in [0.25, 0.3) is 0 Å². The largest absolute Gasteiger partial charge is 0.365 e. The van der Waals surface area contributed by atoms with E-state index < -0.39 is 0 Å². The van der Waals surface area contributed by atoms with Crippen LogP contribution in [0.15, 0.2) is 18.3 Å². The van der Waals surface area contributed by atoms with E-state index in [2.05, 4.69) is 23.3 Å². The lowest BCUT2D eigenvalue weighted by atomic mass is 9.49. The van der Waals surface area contributed by atoms with Crippen molar-refractivity contribution >= 4 is 0 Å². The number of nitrogens with one attached hydrogen (secondary N) is 1. The third kappa shape index (κ3) is 1.10. The average molecular weight is 201 g/mol. The number of aromatic nitrogens is 1. The lowest BCUT2D eigenvalue weighted by molar-refractivity contribution is -0.00696. The molecule has 0 radical (unpaired) electrons. The summed E-state index contributed by atoms with van der Waals surface area (Å²) in [5.41, 5.74) is 2.11. The minimum atomic E-state index is 0.568. The van der Waals surface area contributed by atoms with Crippen molar-refractivity contribution in [1.82, 2.24) is 4.98 Å². The second-order valence-electron chi connectivity index (χ2n) is 6.28. The van der Waals surface area contributed by atoms with Gasteiger partial charge in [0.1, 0.15) is 0 Å². The molecule has 1 heteroatoms. The number of rotatable bonds is 1. The molecule has 1 heterocycles. The highest BCUT2D eigenvalue weighted by molar-refractivity contribution is 5.23. The Bertz CT molecular complexity index is 327. The molecule has 4 bridgehead atoms. The fourth-order valence-electron chi connectivity index (χ4n) is 5.10. The highest BCUT2D eigenvalue weighted by Gasteiger charge is 2.51. The molecule has 1 nitrogen and oxygen atoms in total. The molecule has 5 rings (SSSR count). The first-order valence-corrected chi connectivity index (χ1v) is 6.48. The quantitative estimate of drug-likeness (QED) is 0.716. The molecule has 0 aromatic carbocycles. The predicted molar refractivity (Wildman–Crippen MR) is 60.6 cm³/mol. The van der Waals surface area contributed by atoms with Gasteiger partial charge in [-0.15, -0.1) is 0 Å². The first-order chi connectivity index (χ1) is 7.34. The first-order valence-electron chi connectivity index (χ1n) is 6.48. The Morgan fingerprint density at radius 1 is 1.00 bits per heavy atom.